The Kier molecular flexibility index (Phi) is 5.73. The van der Waals surface area contributed by atoms with E-state index in [2.05, 4.69) is 10.0 Å². The number of rotatable bonds is 7. The summed E-state index contributed by atoms with van der Waals surface area (Å²) >= 11 is 0. The summed E-state index contributed by atoms with van der Waals surface area (Å²) in [5, 5.41) is 3.83. The van der Waals surface area contributed by atoms with Crippen molar-refractivity contribution < 1.29 is 17.6 Å². The molecular formula is C20H18N2O4S. The summed E-state index contributed by atoms with van der Waals surface area (Å²) in [6.07, 6.45) is 3.05. The van der Waals surface area contributed by atoms with Crippen LogP contribution in [0.15, 0.2) is 82.8 Å². The first-order chi connectivity index (χ1) is 13.0. The van der Waals surface area contributed by atoms with Gasteiger partial charge < -0.3 is 9.73 Å². The van der Waals surface area contributed by atoms with E-state index >= 15 is 0 Å². The molecule has 0 bridgehead atoms. The van der Waals surface area contributed by atoms with Gasteiger partial charge in [0.1, 0.15) is 5.76 Å². The maximum absolute atomic E-state index is 12.1. The summed E-state index contributed by atoms with van der Waals surface area (Å²) in [7, 11) is -3.65. The second-order valence-corrected chi connectivity index (χ2v) is 7.27. The van der Waals surface area contributed by atoms with Crippen molar-refractivity contribution in [2.45, 2.75) is 6.54 Å². The van der Waals surface area contributed by atoms with E-state index in [1.165, 1.54) is 24.5 Å². The fourth-order valence-corrected chi connectivity index (χ4v) is 3.17. The lowest BCUT2D eigenvalue weighted by Gasteiger charge is -2.07. The number of amides is 1. The minimum absolute atomic E-state index is 0.273. The first kappa shape index (κ1) is 18.5. The maximum atomic E-state index is 12.1. The highest BCUT2D eigenvalue weighted by Crippen LogP contribution is 2.13. The van der Waals surface area contributed by atoms with Gasteiger partial charge in [0.25, 0.3) is 15.9 Å². The van der Waals surface area contributed by atoms with E-state index in [4.69, 9.17) is 4.42 Å². The zero-order valence-corrected chi connectivity index (χ0v) is 15.1. The molecule has 0 saturated heterocycles. The number of sulfonamides is 1. The van der Waals surface area contributed by atoms with E-state index in [1.54, 1.807) is 24.3 Å². The molecule has 3 rings (SSSR count). The van der Waals surface area contributed by atoms with E-state index in [9.17, 15) is 13.2 Å². The number of carbonyl (C=O) groups is 1. The molecule has 0 saturated carbocycles. The van der Waals surface area contributed by atoms with Gasteiger partial charge in [-0.15, -0.1) is 0 Å². The first-order valence-corrected chi connectivity index (χ1v) is 9.73. The Bertz CT molecular complexity index is 1010. The molecule has 1 aromatic heterocycles. The molecule has 0 aliphatic rings. The van der Waals surface area contributed by atoms with Crippen molar-refractivity contribution in [1.82, 2.24) is 5.32 Å². The number of hydrogen-bond acceptors (Lipinski definition) is 4. The van der Waals surface area contributed by atoms with Gasteiger partial charge in [-0.1, -0.05) is 30.3 Å². The highest BCUT2D eigenvalue weighted by molar-refractivity contribution is 7.95. The van der Waals surface area contributed by atoms with Gasteiger partial charge in [-0.25, -0.2) is 8.42 Å². The van der Waals surface area contributed by atoms with Gasteiger partial charge >= 0.3 is 0 Å². The van der Waals surface area contributed by atoms with Crippen molar-refractivity contribution in [2.75, 3.05) is 4.72 Å². The molecule has 2 aromatic carbocycles. The van der Waals surface area contributed by atoms with Crippen LogP contribution in [-0.4, -0.2) is 14.3 Å². The highest BCUT2D eigenvalue weighted by atomic mass is 32.2. The van der Waals surface area contributed by atoms with Crippen LogP contribution in [-0.2, 0) is 16.6 Å². The normalized spacial score (nSPS) is 11.4. The molecule has 7 heteroatoms. The first-order valence-electron chi connectivity index (χ1n) is 8.18. The standard InChI is InChI=1S/C20H18N2O4S/c23-20(21-15-19-7-4-13-26-19)17-8-10-18(11-9-17)22-27(24,25)14-12-16-5-2-1-3-6-16/h1-14,22H,15H2,(H,21,23). The number of furan rings is 1. The molecule has 6 nitrogen and oxygen atoms in total. The third-order valence-electron chi connectivity index (χ3n) is 3.65. The van der Waals surface area contributed by atoms with E-state index in [1.807, 2.05) is 30.3 Å². The molecule has 0 aliphatic heterocycles. The molecule has 0 aliphatic carbocycles. The number of carbonyl (C=O) groups excluding carboxylic acids is 1. The predicted molar refractivity (Wildman–Crippen MR) is 104 cm³/mol. The average molecular weight is 382 g/mol. The van der Waals surface area contributed by atoms with E-state index in [0.717, 1.165) is 11.0 Å². The minimum atomic E-state index is -3.65. The van der Waals surface area contributed by atoms with Crippen LogP contribution in [0.25, 0.3) is 6.08 Å². The van der Waals surface area contributed by atoms with Crippen LogP contribution in [0.5, 0.6) is 0 Å². The molecule has 1 amide bonds. The molecule has 1 heterocycles. The summed E-state index contributed by atoms with van der Waals surface area (Å²) in [4.78, 5) is 12.1. The SMILES string of the molecule is O=C(NCc1ccco1)c1ccc(NS(=O)(=O)C=Cc2ccccc2)cc1. The lowest BCUT2D eigenvalue weighted by atomic mass is 10.2. The van der Waals surface area contributed by atoms with Crippen LogP contribution in [0.1, 0.15) is 21.7 Å². The lowest BCUT2D eigenvalue weighted by molar-refractivity contribution is 0.0948. The van der Waals surface area contributed by atoms with Crippen LogP contribution < -0.4 is 10.0 Å². The molecule has 0 radical (unpaired) electrons. The Labute approximate surface area is 157 Å². The Hall–Kier alpha value is -3.32. The van der Waals surface area contributed by atoms with Gasteiger partial charge in [0.15, 0.2) is 0 Å². The quantitative estimate of drug-likeness (QED) is 0.653. The maximum Gasteiger partial charge on any atom is 0.255 e. The third-order valence-corrected chi connectivity index (χ3v) is 4.66. The van der Waals surface area contributed by atoms with Gasteiger partial charge in [-0.05, 0) is 48.0 Å². The molecule has 0 unspecified atom stereocenters. The summed E-state index contributed by atoms with van der Waals surface area (Å²) in [5.74, 6) is 0.378. The van der Waals surface area contributed by atoms with E-state index in [-0.39, 0.29) is 12.5 Å². The smallest absolute Gasteiger partial charge is 0.255 e. The molecule has 0 atom stereocenters. The van der Waals surface area contributed by atoms with Gasteiger partial charge in [-0.3, -0.25) is 9.52 Å². The van der Waals surface area contributed by atoms with Crippen molar-refractivity contribution in [3.05, 3.63) is 95.3 Å². The molecule has 138 valence electrons. The van der Waals surface area contributed by atoms with Gasteiger partial charge in [0, 0.05) is 11.3 Å². The number of hydrogen-bond donors (Lipinski definition) is 2. The van der Waals surface area contributed by atoms with Crippen LogP contribution >= 0.6 is 0 Å². The Morgan fingerprint density at radius 1 is 0.963 bits per heavy atom. The van der Waals surface area contributed by atoms with Crippen molar-refractivity contribution >= 4 is 27.7 Å². The van der Waals surface area contributed by atoms with Crippen LogP contribution in [0.4, 0.5) is 5.69 Å². The van der Waals surface area contributed by atoms with Crippen LogP contribution in [0, 0.1) is 0 Å². The summed E-state index contributed by atoms with van der Waals surface area (Å²) < 4.78 is 31.9. The average Bonchev–Trinajstić information content (AvgIpc) is 3.19. The van der Waals surface area contributed by atoms with E-state index in [0.29, 0.717) is 17.0 Å². The van der Waals surface area contributed by atoms with Crippen molar-refractivity contribution in [2.24, 2.45) is 0 Å². The number of nitrogens with one attached hydrogen (secondary N) is 2. The van der Waals surface area contributed by atoms with E-state index < -0.39 is 10.0 Å². The second kappa shape index (κ2) is 8.37. The van der Waals surface area contributed by atoms with Crippen molar-refractivity contribution in [3.8, 4) is 0 Å². The topological polar surface area (TPSA) is 88.4 Å². The fourth-order valence-electron chi connectivity index (χ4n) is 2.30. The number of anilines is 1. The summed E-state index contributed by atoms with van der Waals surface area (Å²) in [5.41, 5.74) is 1.58. The third kappa shape index (κ3) is 5.58. The zero-order valence-electron chi connectivity index (χ0n) is 14.3. The highest BCUT2D eigenvalue weighted by Gasteiger charge is 2.09. The zero-order chi connectivity index (χ0) is 19.1. The van der Waals surface area contributed by atoms with Crippen molar-refractivity contribution in [1.29, 1.82) is 0 Å². The largest absolute Gasteiger partial charge is 0.467 e. The monoisotopic (exact) mass is 382 g/mol. The van der Waals surface area contributed by atoms with Gasteiger partial charge in [0.05, 0.1) is 18.2 Å². The van der Waals surface area contributed by atoms with Gasteiger partial charge in [0.2, 0.25) is 0 Å². The summed E-state index contributed by atoms with van der Waals surface area (Å²) in [6.45, 7) is 0.282. The molecule has 0 spiro atoms. The summed E-state index contributed by atoms with van der Waals surface area (Å²) in [6, 6.07) is 18.8. The molecule has 27 heavy (non-hydrogen) atoms. The minimum Gasteiger partial charge on any atom is -0.467 e. The Balaban J connectivity index is 1.59. The Morgan fingerprint density at radius 3 is 2.37 bits per heavy atom. The van der Waals surface area contributed by atoms with Crippen molar-refractivity contribution in [3.63, 3.8) is 0 Å². The number of benzene rings is 2. The fraction of sp³-hybridized carbons (Fsp3) is 0.0500. The second-order valence-electron chi connectivity index (χ2n) is 5.70. The molecule has 2 N–H and O–H groups in total. The van der Waals surface area contributed by atoms with Crippen LogP contribution in [0.3, 0.4) is 0 Å². The molecule has 0 fully saturated rings. The van der Waals surface area contributed by atoms with Gasteiger partial charge in [-0.2, -0.15) is 0 Å². The lowest BCUT2D eigenvalue weighted by Crippen LogP contribution is -2.22. The predicted octanol–water partition coefficient (Wildman–Crippen LogP) is 3.62. The molecule has 3 aromatic rings. The Morgan fingerprint density at radius 2 is 1.70 bits per heavy atom. The molecular weight excluding hydrogens is 364 g/mol. The van der Waals surface area contributed by atoms with Crippen LogP contribution in [0.2, 0.25) is 0 Å².